The van der Waals surface area contributed by atoms with E-state index in [4.69, 9.17) is 0 Å². The molecule has 0 fully saturated rings. The highest BCUT2D eigenvalue weighted by Gasteiger charge is 2.16. The molecule has 8 aromatic rings. The molecule has 0 saturated heterocycles. The van der Waals surface area contributed by atoms with Crippen molar-refractivity contribution in [2.75, 3.05) is 0 Å². The van der Waals surface area contributed by atoms with Gasteiger partial charge in [-0.2, -0.15) is 0 Å². The first-order chi connectivity index (χ1) is 19.2. The van der Waals surface area contributed by atoms with Crippen molar-refractivity contribution in [1.82, 2.24) is 9.13 Å². The highest BCUT2D eigenvalue weighted by Crippen LogP contribution is 2.39. The van der Waals surface area contributed by atoms with Gasteiger partial charge in [-0.25, -0.2) is 0 Å². The van der Waals surface area contributed by atoms with E-state index in [1.54, 1.807) is 0 Å². The summed E-state index contributed by atoms with van der Waals surface area (Å²) in [6, 6.07) is 48.5. The van der Waals surface area contributed by atoms with E-state index in [1.807, 2.05) is 0 Å². The molecule has 8 rings (SSSR count). The summed E-state index contributed by atoms with van der Waals surface area (Å²) in [5, 5.41) is 6.37. The smallest absolute Gasteiger partial charge is 0.0547 e. The lowest BCUT2D eigenvalue weighted by Crippen LogP contribution is -1.93. The first kappa shape index (κ1) is 22.0. The largest absolute Gasteiger partial charge is 0.317 e. The van der Waals surface area contributed by atoms with Crippen LogP contribution in [-0.2, 0) is 0 Å². The number of para-hydroxylation sites is 1. The molecule has 0 atom stereocenters. The number of rotatable bonds is 3. The van der Waals surface area contributed by atoms with Crippen molar-refractivity contribution >= 4 is 43.5 Å². The average Bonchev–Trinajstić information content (AvgIpc) is 3.56. The molecule has 0 aliphatic rings. The lowest BCUT2D eigenvalue weighted by atomic mass is 9.99. The minimum Gasteiger partial charge on any atom is -0.317 e. The Bertz CT molecular complexity index is 2180. The topological polar surface area (TPSA) is 9.86 Å². The zero-order chi connectivity index (χ0) is 25.9. The predicted molar refractivity (Wildman–Crippen MR) is 165 cm³/mol. The standard InChI is InChI=1S/C37H26N2/c1-25-8-7-12-31(22-25)38-21-20-27-14-15-29(24-36(27)38)28-17-18-34-33(23-28)37-32-13-6-5-9-26(32)16-19-35(37)39(34)30-10-3-2-4-11-30/h2-24H,1H3. The van der Waals surface area contributed by atoms with E-state index in [2.05, 4.69) is 156 Å². The van der Waals surface area contributed by atoms with Gasteiger partial charge in [-0.1, -0.05) is 78.9 Å². The molecule has 0 spiro atoms. The van der Waals surface area contributed by atoms with Crippen LogP contribution >= 0.6 is 0 Å². The van der Waals surface area contributed by atoms with E-state index in [0.717, 1.165) is 0 Å². The van der Waals surface area contributed by atoms with Crippen LogP contribution < -0.4 is 0 Å². The van der Waals surface area contributed by atoms with Crippen LogP contribution in [0.5, 0.6) is 0 Å². The van der Waals surface area contributed by atoms with Gasteiger partial charge in [0.15, 0.2) is 0 Å². The van der Waals surface area contributed by atoms with E-state index in [-0.39, 0.29) is 0 Å². The lowest BCUT2D eigenvalue weighted by molar-refractivity contribution is 1.12. The Balaban J connectivity index is 1.39. The number of nitrogens with zero attached hydrogens (tertiary/aromatic N) is 2. The second kappa shape index (κ2) is 8.47. The SMILES string of the molecule is Cc1cccc(-n2ccc3ccc(-c4ccc5c(c4)c4c6ccccc6ccc4n5-c4ccccc4)cc32)c1. The van der Waals surface area contributed by atoms with Crippen LogP contribution in [0.3, 0.4) is 0 Å². The summed E-state index contributed by atoms with van der Waals surface area (Å²) in [4.78, 5) is 0. The summed E-state index contributed by atoms with van der Waals surface area (Å²) in [6.45, 7) is 2.14. The second-order valence-electron chi connectivity index (χ2n) is 10.4. The van der Waals surface area contributed by atoms with Gasteiger partial charge in [0.05, 0.1) is 16.6 Å². The average molecular weight is 499 g/mol. The zero-order valence-electron chi connectivity index (χ0n) is 21.7. The van der Waals surface area contributed by atoms with E-state index in [1.165, 1.54) is 71.5 Å². The molecule has 2 heterocycles. The fourth-order valence-corrected chi connectivity index (χ4v) is 6.14. The molecule has 0 bridgehead atoms. The molecule has 0 aliphatic heterocycles. The van der Waals surface area contributed by atoms with Crippen molar-refractivity contribution in [1.29, 1.82) is 0 Å². The maximum absolute atomic E-state index is 2.40. The minimum absolute atomic E-state index is 1.18. The molecule has 0 amide bonds. The van der Waals surface area contributed by atoms with E-state index >= 15 is 0 Å². The third kappa shape index (κ3) is 3.42. The minimum atomic E-state index is 1.18. The van der Waals surface area contributed by atoms with Crippen molar-refractivity contribution < 1.29 is 0 Å². The lowest BCUT2D eigenvalue weighted by Gasteiger charge is -2.09. The van der Waals surface area contributed by atoms with Crippen LogP contribution in [0, 0.1) is 6.92 Å². The summed E-state index contributed by atoms with van der Waals surface area (Å²) in [5.74, 6) is 0. The molecule has 6 aromatic carbocycles. The summed E-state index contributed by atoms with van der Waals surface area (Å²) in [7, 11) is 0. The van der Waals surface area contributed by atoms with Crippen molar-refractivity contribution in [3.05, 3.63) is 145 Å². The Kier molecular flexibility index (Phi) is 4.77. The number of fused-ring (bicyclic) bond motifs is 6. The van der Waals surface area contributed by atoms with Crippen LogP contribution in [0.15, 0.2) is 140 Å². The third-order valence-corrected chi connectivity index (χ3v) is 7.98. The Hall–Kier alpha value is -5.08. The fraction of sp³-hybridized carbons (Fsp3) is 0.0270. The van der Waals surface area contributed by atoms with Crippen LogP contribution in [0.4, 0.5) is 0 Å². The fourth-order valence-electron chi connectivity index (χ4n) is 6.14. The highest BCUT2D eigenvalue weighted by molar-refractivity contribution is 6.21. The van der Waals surface area contributed by atoms with Gasteiger partial charge >= 0.3 is 0 Å². The quantitative estimate of drug-likeness (QED) is 0.229. The summed E-state index contributed by atoms with van der Waals surface area (Å²) < 4.78 is 4.69. The molecular formula is C37H26N2. The van der Waals surface area contributed by atoms with Crippen molar-refractivity contribution in [3.8, 4) is 22.5 Å². The normalized spacial score (nSPS) is 11.7. The summed E-state index contributed by atoms with van der Waals surface area (Å²) in [6.07, 6.45) is 2.17. The Labute approximate surface area is 227 Å². The van der Waals surface area contributed by atoms with Gasteiger partial charge < -0.3 is 9.13 Å². The number of hydrogen-bond acceptors (Lipinski definition) is 0. The molecular weight excluding hydrogens is 472 g/mol. The summed E-state index contributed by atoms with van der Waals surface area (Å²) >= 11 is 0. The van der Waals surface area contributed by atoms with Gasteiger partial charge in [-0.3, -0.25) is 0 Å². The Morgan fingerprint density at radius 1 is 0.462 bits per heavy atom. The van der Waals surface area contributed by atoms with Gasteiger partial charge in [0.1, 0.15) is 0 Å². The molecule has 0 radical (unpaired) electrons. The van der Waals surface area contributed by atoms with Crippen LogP contribution in [0.25, 0.3) is 66.0 Å². The summed E-state index contributed by atoms with van der Waals surface area (Å²) in [5.41, 5.74) is 9.75. The molecule has 0 saturated carbocycles. The first-order valence-electron chi connectivity index (χ1n) is 13.4. The Morgan fingerprint density at radius 3 is 2.10 bits per heavy atom. The molecule has 0 N–H and O–H groups in total. The van der Waals surface area contributed by atoms with E-state index < -0.39 is 0 Å². The van der Waals surface area contributed by atoms with Gasteiger partial charge in [-0.05, 0) is 94.4 Å². The number of benzene rings is 6. The molecule has 0 aliphatic carbocycles. The second-order valence-corrected chi connectivity index (χ2v) is 10.4. The monoisotopic (exact) mass is 498 g/mol. The number of aromatic nitrogens is 2. The van der Waals surface area contributed by atoms with Gasteiger partial charge in [0.2, 0.25) is 0 Å². The predicted octanol–water partition coefficient (Wildman–Crippen LogP) is 9.86. The molecule has 2 aromatic heterocycles. The maximum Gasteiger partial charge on any atom is 0.0547 e. The maximum atomic E-state index is 2.40. The number of aryl methyl sites for hydroxylation is 1. The third-order valence-electron chi connectivity index (χ3n) is 7.98. The van der Waals surface area contributed by atoms with Crippen LogP contribution in [0.2, 0.25) is 0 Å². The van der Waals surface area contributed by atoms with E-state index in [9.17, 15) is 0 Å². The molecule has 39 heavy (non-hydrogen) atoms. The molecule has 0 unspecified atom stereocenters. The highest BCUT2D eigenvalue weighted by atomic mass is 15.0. The number of hydrogen-bond donors (Lipinski definition) is 0. The molecule has 2 nitrogen and oxygen atoms in total. The molecule has 2 heteroatoms. The van der Waals surface area contributed by atoms with Crippen molar-refractivity contribution in [3.63, 3.8) is 0 Å². The van der Waals surface area contributed by atoms with Gasteiger partial charge in [0.25, 0.3) is 0 Å². The van der Waals surface area contributed by atoms with E-state index in [0.29, 0.717) is 0 Å². The van der Waals surface area contributed by atoms with Crippen LogP contribution in [-0.4, -0.2) is 9.13 Å². The molecule has 184 valence electrons. The Morgan fingerprint density at radius 2 is 1.21 bits per heavy atom. The zero-order valence-corrected chi connectivity index (χ0v) is 21.7. The van der Waals surface area contributed by atoms with Crippen molar-refractivity contribution in [2.24, 2.45) is 0 Å². The first-order valence-corrected chi connectivity index (χ1v) is 13.4. The van der Waals surface area contributed by atoms with Gasteiger partial charge in [0, 0.05) is 28.3 Å². The van der Waals surface area contributed by atoms with Gasteiger partial charge in [-0.15, -0.1) is 0 Å². The van der Waals surface area contributed by atoms with Crippen molar-refractivity contribution in [2.45, 2.75) is 6.92 Å². The van der Waals surface area contributed by atoms with Crippen LogP contribution in [0.1, 0.15) is 5.56 Å².